The Morgan fingerprint density at radius 1 is 1.05 bits per heavy atom. The standard InChI is InChI=1S/C13H9BCl2O2S/c15-12-4-3-10(6-13(12)16)19-9-2-1-8-7-18-14(17)11(8)5-9/h1-6,17H,7H2. The molecule has 0 saturated carbocycles. The van der Waals surface area contributed by atoms with Gasteiger partial charge in [-0.05, 0) is 41.4 Å². The van der Waals surface area contributed by atoms with E-state index in [1.54, 1.807) is 17.8 Å². The van der Waals surface area contributed by atoms with E-state index in [9.17, 15) is 5.02 Å². The lowest BCUT2D eigenvalue weighted by atomic mass is 9.80. The van der Waals surface area contributed by atoms with E-state index in [4.69, 9.17) is 27.9 Å². The third-order valence-corrected chi connectivity index (χ3v) is 4.63. The van der Waals surface area contributed by atoms with Crippen molar-refractivity contribution < 1.29 is 9.68 Å². The fourth-order valence-electron chi connectivity index (χ4n) is 1.93. The van der Waals surface area contributed by atoms with Gasteiger partial charge in [-0.15, -0.1) is 0 Å². The molecule has 6 heteroatoms. The zero-order valence-electron chi connectivity index (χ0n) is 9.77. The molecule has 1 N–H and O–H groups in total. The lowest BCUT2D eigenvalue weighted by Gasteiger charge is -2.05. The molecular weight excluding hydrogens is 302 g/mol. The highest BCUT2D eigenvalue weighted by atomic mass is 35.5. The minimum Gasteiger partial charge on any atom is -0.423 e. The average molecular weight is 311 g/mol. The molecule has 2 aromatic carbocycles. The first-order chi connectivity index (χ1) is 9.13. The highest BCUT2D eigenvalue weighted by Crippen LogP contribution is 2.32. The zero-order chi connectivity index (χ0) is 13.4. The number of benzene rings is 2. The van der Waals surface area contributed by atoms with Gasteiger partial charge in [0.1, 0.15) is 0 Å². The molecule has 3 rings (SSSR count). The Bertz CT molecular complexity index is 636. The Labute approximate surface area is 125 Å². The lowest BCUT2D eigenvalue weighted by molar-refractivity contribution is 0.275. The first-order valence-corrected chi connectivity index (χ1v) is 7.26. The van der Waals surface area contributed by atoms with Crippen LogP contribution in [0.1, 0.15) is 5.56 Å². The van der Waals surface area contributed by atoms with Gasteiger partial charge in [0.25, 0.3) is 0 Å². The summed E-state index contributed by atoms with van der Waals surface area (Å²) < 4.78 is 5.17. The minimum atomic E-state index is -0.815. The summed E-state index contributed by atoms with van der Waals surface area (Å²) in [4.78, 5) is 2.03. The van der Waals surface area contributed by atoms with E-state index < -0.39 is 7.12 Å². The second kappa shape index (κ2) is 5.39. The van der Waals surface area contributed by atoms with Gasteiger partial charge in [0, 0.05) is 9.79 Å². The maximum Gasteiger partial charge on any atom is 0.491 e. The van der Waals surface area contributed by atoms with Crippen molar-refractivity contribution in [3.05, 3.63) is 52.0 Å². The number of hydrogen-bond donors (Lipinski definition) is 1. The van der Waals surface area contributed by atoms with Crippen molar-refractivity contribution >= 4 is 47.5 Å². The Balaban J connectivity index is 1.87. The monoisotopic (exact) mass is 310 g/mol. The third-order valence-electron chi connectivity index (χ3n) is 2.91. The number of fused-ring (bicyclic) bond motifs is 1. The highest BCUT2D eigenvalue weighted by molar-refractivity contribution is 7.99. The summed E-state index contributed by atoms with van der Waals surface area (Å²) in [6.07, 6.45) is 0. The Kier molecular flexibility index (Phi) is 3.78. The fraction of sp³-hybridized carbons (Fsp3) is 0.0769. The molecule has 1 aliphatic rings. The van der Waals surface area contributed by atoms with E-state index in [0.717, 1.165) is 20.8 Å². The Morgan fingerprint density at radius 3 is 2.58 bits per heavy atom. The molecule has 1 aliphatic heterocycles. The molecule has 2 nitrogen and oxygen atoms in total. The van der Waals surface area contributed by atoms with Gasteiger partial charge >= 0.3 is 7.12 Å². The summed E-state index contributed by atoms with van der Waals surface area (Å²) in [5.74, 6) is 0. The van der Waals surface area contributed by atoms with Crippen LogP contribution in [0.25, 0.3) is 0 Å². The summed E-state index contributed by atoms with van der Waals surface area (Å²) in [7, 11) is -0.815. The van der Waals surface area contributed by atoms with Gasteiger partial charge < -0.3 is 9.68 Å². The third kappa shape index (κ3) is 2.78. The lowest BCUT2D eigenvalue weighted by Crippen LogP contribution is -2.27. The molecule has 96 valence electrons. The largest absolute Gasteiger partial charge is 0.491 e. The maximum atomic E-state index is 9.68. The van der Waals surface area contributed by atoms with Crippen LogP contribution < -0.4 is 5.46 Å². The highest BCUT2D eigenvalue weighted by Gasteiger charge is 2.27. The number of rotatable bonds is 2. The van der Waals surface area contributed by atoms with Crippen LogP contribution in [-0.2, 0) is 11.3 Å². The summed E-state index contributed by atoms with van der Waals surface area (Å²) in [5.41, 5.74) is 1.87. The van der Waals surface area contributed by atoms with E-state index in [-0.39, 0.29) is 0 Å². The predicted molar refractivity (Wildman–Crippen MR) is 79.4 cm³/mol. The van der Waals surface area contributed by atoms with Crippen LogP contribution in [0.15, 0.2) is 46.2 Å². The van der Waals surface area contributed by atoms with E-state index in [2.05, 4.69) is 0 Å². The summed E-state index contributed by atoms with van der Waals surface area (Å²) >= 11 is 13.4. The van der Waals surface area contributed by atoms with Crippen molar-refractivity contribution in [3.63, 3.8) is 0 Å². The van der Waals surface area contributed by atoms with Gasteiger partial charge in [0.05, 0.1) is 16.7 Å². The van der Waals surface area contributed by atoms with Gasteiger partial charge in [-0.1, -0.05) is 41.0 Å². The van der Waals surface area contributed by atoms with Crippen molar-refractivity contribution in [2.45, 2.75) is 16.4 Å². The molecule has 0 spiro atoms. The molecule has 0 unspecified atom stereocenters. The van der Waals surface area contributed by atoms with Crippen LogP contribution in [0.2, 0.25) is 10.0 Å². The van der Waals surface area contributed by atoms with Crippen molar-refractivity contribution in [1.82, 2.24) is 0 Å². The molecule has 0 fully saturated rings. The average Bonchev–Trinajstić information content (AvgIpc) is 2.76. The van der Waals surface area contributed by atoms with Crippen LogP contribution in [-0.4, -0.2) is 12.1 Å². The van der Waals surface area contributed by atoms with Crippen molar-refractivity contribution in [3.8, 4) is 0 Å². The molecule has 1 heterocycles. The molecule has 0 amide bonds. The topological polar surface area (TPSA) is 29.5 Å². The SMILES string of the molecule is OB1OCc2ccc(Sc3ccc(Cl)c(Cl)c3)cc21. The van der Waals surface area contributed by atoms with E-state index in [0.29, 0.717) is 16.7 Å². The van der Waals surface area contributed by atoms with Gasteiger partial charge in [-0.2, -0.15) is 0 Å². The van der Waals surface area contributed by atoms with Gasteiger partial charge in [0.2, 0.25) is 0 Å². The fourth-order valence-corrected chi connectivity index (χ4v) is 3.20. The quantitative estimate of drug-likeness (QED) is 0.863. The van der Waals surface area contributed by atoms with Gasteiger partial charge in [0.15, 0.2) is 0 Å². The van der Waals surface area contributed by atoms with Crippen LogP contribution in [0.5, 0.6) is 0 Å². The number of hydrogen-bond acceptors (Lipinski definition) is 3. The molecule has 0 bridgehead atoms. The molecule has 0 aromatic heterocycles. The minimum absolute atomic E-state index is 0.466. The number of halogens is 2. The molecule has 0 saturated heterocycles. The summed E-state index contributed by atoms with van der Waals surface area (Å²) in [5, 5.41) is 10.8. The van der Waals surface area contributed by atoms with Crippen molar-refractivity contribution in [2.75, 3.05) is 0 Å². The molecule has 0 radical (unpaired) electrons. The van der Waals surface area contributed by atoms with Crippen molar-refractivity contribution in [1.29, 1.82) is 0 Å². The second-order valence-electron chi connectivity index (χ2n) is 4.20. The maximum absolute atomic E-state index is 9.68. The zero-order valence-corrected chi connectivity index (χ0v) is 12.1. The molecule has 0 atom stereocenters. The smallest absolute Gasteiger partial charge is 0.423 e. The molecule has 2 aromatic rings. The van der Waals surface area contributed by atoms with E-state index >= 15 is 0 Å². The first kappa shape index (κ1) is 13.3. The van der Waals surface area contributed by atoms with Crippen LogP contribution in [0, 0.1) is 0 Å². The normalized spacial score (nSPS) is 13.7. The Hall–Kier alpha value is -0.645. The molecule has 19 heavy (non-hydrogen) atoms. The van der Waals surface area contributed by atoms with E-state index in [1.165, 1.54) is 0 Å². The second-order valence-corrected chi connectivity index (χ2v) is 6.16. The van der Waals surface area contributed by atoms with Crippen LogP contribution in [0.3, 0.4) is 0 Å². The van der Waals surface area contributed by atoms with Crippen LogP contribution >= 0.6 is 35.0 Å². The Morgan fingerprint density at radius 2 is 1.79 bits per heavy atom. The van der Waals surface area contributed by atoms with Gasteiger partial charge in [-0.25, -0.2) is 0 Å². The molecule has 0 aliphatic carbocycles. The molecular formula is C13H9BCl2O2S. The predicted octanol–water partition coefficient (Wildman–Crippen LogP) is 3.36. The van der Waals surface area contributed by atoms with Crippen molar-refractivity contribution in [2.24, 2.45) is 0 Å². The van der Waals surface area contributed by atoms with Gasteiger partial charge in [-0.3, -0.25) is 0 Å². The summed E-state index contributed by atoms with van der Waals surface area (Å²) in [6, 6.07) is 11.4. The van der Waals surface area contributed by atoms with Crippen LogP contribution in [0.4, 0.5) is 0 Å². The first-order valence-electron chi connectivity index (χ1n) is 5.69. The van der Waals surface area contributed by atoms with E-state index in [1.807, 2.05) is 30.3 Å². The summed E-state index contributed by atoms with van der Waals surface area (Å²) in [6.45, 7) is 0.466.